The van der Waals surface area contributed by atoms with Crippen LogP contribution in [0.1, 0.15) is 13.3 Å². The number of rotatable bonds is 3. The summed E-state index contributed by atoms with van der Waals surface area (Å²) in [6.07, 6.45) is -0.211. The largest absolute Gasteiger partial charge is 0.466 e. The molecule has 0 radical (unpaired) electrons. The van der Waals surface area contributed by atoms with Gasteiger partial charge >= 0.3 is 5.97 Å². The molecule has 1 unspecified atom stereocenters. The van der Waals surface area contributed by atoms with Gasteiger partial charge in [0.05, 0.1) is 18.7 Å². The maximum Gasteiger partial charge on any atom is 0.308 e. The number of ether oxygens (including phenoxy) is 1. The maximum atomic E-state index is 13.4. The normalized spacial score (nSPS) is 17.2. The quantitative estimate of drug-likeness (QED) is 0.819. The summed E-state index contributed by atoms with van der Waals surface area (Å²) in [4.78, 5) is 23.0. The number of halogens is 2. The molecule has 0 saturated heterocycles. The van der Waals surface area contributed by atoms with Crippen LogP contribution < -0.4 is 10.6 Å². The number of fused-ring (bicyclic) bond motifs is 1. The van der Waals surface area contributed by atoms with E-state index in [1.54, 1.807) is 6.92 Å². The van der Waals surface area contributed by atoms with Crippen molar-refractivity contribution in [1.82, 2.24) is 0 Å². The molecule has 0 aliphatic carbocycles. The van der Waals surface area contributed by atoms with E-state index >= 15 is 0 Å². The fraction of sp³-hybridized carbons (Fsp3) is 0.333. The molecule has 7 heteroatoms. The van der Waals surface area contributed by atoms with Crippen molar-refractivity contribution in [3.8, 4) is 0 Å². The van der Waals surface area contributed by atoms with Crippen LogP contribution >= 0.6 is 0 Å². The van der Waals surface area contributed by atoms with Crippen LogP contribution in [0.25, 0.3) is 0 Å². The number of amides is 1. The Bertz CT molecular complexity index is 534. The van der Waals surface area contributed by atoms with Crippen molar-refractivity contribution in [2.75, 3.05) is 17.2 Å². The van der Waals surface area contributed by atoms with E-state index in [1.807, 2.05) is 0 Å². The van der Waals surface area contributed by atoms with Crippen LogP contribution in [-0.2, 0) is 14.3 Å². The third-order valence-electron chi connectivity index (χ3n) is 2.63. The number of hydrogen-bond acceptors (Lipinski definition) is 4. The molecule has 102 valence electrons. The van der Waals surface area contributed by atoms with Crippen molar-refractivity contribution in [2.24, 2.45) is 0 Å². The van der Waals surface area contributed by atoms with Crippen molar-refractivity contribution in [3.05, 3.63) is 23.8 Å². The lowest BCUT2D eigenvalue weighted by Gasteiger charge is -2.26. The standard InChI is InChI=1S/C12H12F2N2O3/c1-2-19-10(17)5-9-12(18)16-11-7(14)3-6(13)4-8(11)15-9/h3-4,9,15H,2,5H2,1H3,(H,16,18). The lowest BCUT2D eigenvalue weighted by atomic mass is 10.1. The molecule has 1 aromatic carbocycles. The SMILES string of the molecule is CCOC(=O)CC1Nc2cc(F)cc(F)c2NC1=O. The Morgan fingerprint density at radius 2 is 2.16 bits per heavy atom. The smallest absolute Gasteiger partial charge is 0.308 e. The molecule has 0 fully saturated rings. The molecule has 0 spiro atoms. The Morgan fingerprint density at radius 3 is 2.84 bits per heavy atom. The third-order valence-corrected chi connectivity index (χ3v) is 2.63. The first-order chi connectivity index (χ1) is 9.01. The average Bonchev–Trinajstić information content (AvgIpc) is 2.31. The molecule has 2 rings (SSSR count). The van der Waals surface area contributed by atoms with E-state index in [1.165, 1.54) is 0 Å². The van der Waals surface area contributed by atoms with E-state index in [0.717, 1.165) is 6.07 Å². The zero-order valence-corrected chi connectivity index (χ0v) is 10.1. The fourth-order valence-electron chi connectivity index (χ4n) is 1.81. The van der Waals surface area contributed by atoms with Crippen molar-refractivity contribution >= 4 is 23.3 Å². The highest BCUT2D eigenvalue weighted by molar-refractivity contribution is 6.04. The summed E-state index contributed by atoms with van der Waals surface area (Å²) < 4.78 is 31.2. The highest BCUT2D eigenvalue weighted by atomic mass is 19.1. The summed E-state index contributed by atoms with van der Waals surface area (Å²) in [5.74, 6) is -2.76. The maximum absolute atomic E-state index is 13.4. The summed E-state index contributed by atoms with van der Waals surface area (Å²) >= 11 is 0. The molecule has 1 aliphatic heterocycles. The second-order valence-electron chi connectivity index (χ2n) is 4.01. The van der Waals surface area contributed by atoms with Crippen LogP contribution in [0.2, 0.25) is 0 Å². The van der Waals surface area contributed by atoms with E-state index in [2.05, 4.69) is 10.6 Å². The monoisotopic (exact) mass is 270 g/mol. The summed E-state index contributed by atoms with van der Waals surface area (Å²) in [5.41, 5.74) is -0.0158. The Hall–Kier alpha value is -2.18. The van der Waals surface area contributed by atoms with Crippen LogP contribution in [0.15, 0.2) is 12.1 Å². The zero-order valence-electron chi connectivity index (χ0n) is 10.1. The predicted octanol–water partition coefficient (Wildman–Crippen LogP) is 1.65. The first-order valence-electron chi connectivity index (χ1n) is 5.73. The Kier molecular flexibility index (Phi) is 3.64. The minimum absolute atomic E-state index is 0.103. The average molecular weight is 270 g/mol. The van der Waals surface area contributed by atoms with Crippen LogP contribution in [0.3, 0.4) is 0 Å². The van der Waals surface area contributed by atoms with E-state index in [4.69, 9.17) is 4.74 Å². The molecule has 5 nitrogen and oxygen atoms in total. The van der Waals surface area contributed by atoms with Crippen molar-refractivity contribution < 1.29 is 23.1 Å². The summed E-state index contributed by atoms with van der Waals surface area (Å²) in [7, 11) is 0. The van der Waals surface area contributed by atoms with Gasteiger partial charge < -0.3 is 15.4 Å². The van der Waals surface area contributed by atoms with E-state index in [0.29, 0.717) is 6.07 Å². The fourth-order valence-corrected chi connectivity index (χ4v) is 1.81. The highest BCUT2D eigenvalue weighted by Gasteiger charge is 2.30. The van der Waals surface area contributed by atoms with Crippen LogP contribution in [-0.4, -0.2) is 24.5 Å². The van der Waals surface area contributed by atoms with Crippen LogP contribution in [0, 0.1) is 11.6 Å². The van der Waals surface area contributed by atoms with Gasteiger partial charge in [0, 0.05) is 6.07 Å². The minimum atomic E-state index is -0.909. The Balaban J connectivity index is 2.19. The second kappa shape index (κ2) is 5.21. The molecule has 1 amide bonds. The second-order valence-corrected chi connectivity index (χ2v) is 4.01. The highest BCUT2D eigenvalue weighted by Crippen LogP contribution is 2.31. The van der Waals surface area contributed by atoms with Crippen molar-refractivity contribution in [2.45, 2.75) is 19.4 Å². The predicted molar refractivity (Wildman–Crippen MR) is 63.6 cm³/mol. The topological polar surface area (TPSA) is 67.4 Å². The number of benzene rings is 1. The summed E-state index contributed by atoms with van der Waals surface area (Å²) in [6.45, 7) is 1.85. The summed E-state index contributed by atoms with van der Waals surface area (Å²) in [6, 6.07) is 0.815. The lowest BCUT2D eigenvalue weighted by Crippen LogP contribution is -2.41. The van der Waals surface area contributed by atoms with Gasteiger partial charge in [0.2, 0.25) is 5.91 Å². The van der Waals surface area contributed by atoms with Crippen molar-refractivity contribution in [3.63, 3.8) is 0 Å². The van der Waals surface area contributed by atoms with E-state index in [-0.39, 0.29) is 24.4 Å². The number of carbonyl (C=O) groups excluding carboxylic acids is 2. The van der Waals surface area contributed by atoms with Crippen LogP contribution in [0.4, 0.5) is 20.2 Å². The molecule has 19 heavy (non-hydrogen) atoms. The van der Waals surface area contributed by atoms with E-state index in [9.17, 15) is 18.4 Å². The molecule has 0 aromatic heterocycles. The molecule has 0 saturated carbocycles. The molecular formula is C12H12F2N2O3. The molecule has 2 N–H and O–H groups in total. The molecular weight excluding hydrogens is 258 g/mol. The van der Waals surface area contributed by atoms with Gasteiger partial charge in [0.15, 0.2) is 5.82 Å². The zero-order chi connectivity index (χ0) is 14.0. The number of nitrogens with one attached hydrogen (secondary N) is 2. The van der Waals surface area contributed by atoms with E-state index < -0.39 is 29.6 Å². The number of esters is 1. The first kappa shape index (κ1) is 13.3. The van der Waals surface area contributed by atoms with Gasteiger partial charge in [-0.05, 0) is 13.0 Å². The number of hydrogen-bond donors (Lipinski definition) is 2. The van der Waals surface area contributed by atoms with Gasteiger partial charge in [0.1, 0.15) is 17.5 Å². The Morgan fingerprint density at radius 1 is 1.42 bits per heavy atom. The molecule has 1 atom stereocenters. The minimum Gasteiger partial charge on any atom is -0.466 e. The molecule has 1 heterocycles. The number of carbonyl (C=O) groups is 2. The Labute approximate surface area is 107 Å². The number of anilines is 2. The molecule has 1 aromatic rings. The van der Waals surface area contributed by atoms with Crippen LogP contribution in [0.5, 0.6) is 0 Å². The van der Waals surface area contributed by atoms with Gasteiger partial charge in [-0.25, -0.2) is 8.78 Å². The van der Waals surface area contributed by atoms with Gasteiger partial charge in [0.25, 0.3) is 0 Å². The molecule has 1 aliphatic rings. The van der Waals surface area contributed by atoms with Crippen molar-refractivity contribution in [1.29, 1.82) is 0 Å². The van der Waals surface area contributed by atoms with Gasteiger partial charge in [-0.1, -0.05) is 0 Å². The molecule has 0 bridgehead atoms. The van der Waals surface area contributed by atoms with Gasteiger partial charge in [-0.3, -0.25) is 9.59 Å². The van der Waals surface area contributed by atoms with Gasteiger partial charge in [-0.15, -0.1) is 0 Å². The first-order valence-corrected chi connectivity index (χ1v) is 5.73. The summed E-state index contributed by atoms with van der Waals surface area (Å²) in [5, 5.41) is 4.93. The third kappa shape index (κ3) is 2.81. The lowest BCUT2D eigenvalue weighted by molar-refractivity contribution is -0.144. The van der Waals surface area contributed by atoms with Gasteiger partial charge in [-0.2, -0.15) is 0 Å².